The zero-order valence-corrected chi connectivity index (χ0v) is 17.8. The maximum Gasteiger partial charge on any atom is 0.323 e. The lowest BCUT2D eigenvalue weighted by atomic mass is 10.2. The van der Waals surface area contributed by atoms with Crippen LogP contribution in [0.5, 0.6) is 0 Å². The molecule has 1 heterocycles. The Morgan fingerprint density at radius 3 is 2.21 bits per heavy atom. The topological polar surface area (TPSA) is 123 Å². The average Bonchev–Trinajstić information content (AvgIpc) is 2.85. The van der Waals surface area contributed by atoms with Crippen LogP contribution in [-0.4, -0.2) is 38.7 Å². The molecule has 0 amide bonds. The number of aromatic nitrogens is 1. The van der Waals surface area contributed by atoms with Gasteiger partial charge in [0.05, 0.1) is 21.0 Å². The largest absolute Gasteiger partial charge is 0.480 e. The van der Waals surface area contributed by atoms with Crippen LogP contribution in [0.4, 0.5) is 5.69 Å². The quantitative estimate of drug-likeness (QED) is 0.588. The van der Waals surface area contributed by atoms with E-state index < -0.39 is 25.8 Å². The molecule has 0 spiro atoms. The van der Waals surface area contributed by atoms with Gasteiger partial charge in [-0.15, -0.1) is 0 Å². The van der Waals surface area contributed by atoms with Crippen molar-refractivity contribution in [3.8, 4) is 0 Å². The second-order valence-electron chi connectivity index (χ2n) is 6.45. The van der Waals surface area contributed by atoms with Crippen LogP contribution in [0.1, 0.15) is 5.69 Å². The Labute approximate surface area is 172 Å². The van der Waals surface area contributed by atoms with Crippen LogP contribution in [-0.2, 0) is 31.2 Å². The molecule has 8 nitrogen and oxygen atoms in total. The van der Waals surface area contributed by atoms with Gasteiger partial charge in [0.2, 0.25) is 0 Å². The van der Waals surface area contributed by atoms with Gasteiger partial charge in [-0.2, -0.15) is 0 Å². The van der Waals surface area contributed by atoms with Gasteiger partial charge in [0.25, 0.3) is 10.0 Å². The van der Waals surface area contributed by atoms with Crippen molar-refractivity contribution in [1.29, 1.82) is 0 Å². The van der Waals surface area contributed by atoms with Crippen LogP contribution in [0.25, 0.3) is 10.9 Å². The predicted molar refractivity (Wildman–Crippen MR) is 110 cm³/mol. The monoisotopic (exact) mass is 456 g/mol. The Bertz CT molecular complexity index is 1330. The van der Waals surface area contributed by atoms with E-state index in [4.69, 9.17) is 11.6 Å². The van der Waals surface area contributed by atoms with E-state index in [0.717, 1.165) is 6.26 Å². The third kappa shape index (κ3) is 4.24. The smallest absolute Gasteiger partial charge is 0.323 e. The number of benzene rings is 2. The number of nitrogens with one attached hydrogen (secondary N) is 1. The molecule has 0 bridgehead atoms. The Balaban J connectivity index is 2.10. The summed E-state index contributed by atoms with van der Waals surface area (Å²) in [4.78, 5) is 11.1. The standard InChI is InChI=1S/C18H17ClN2O6S2/c1-11-18(15-9-12(19)3-8-16(15)21(11)10-17(22)23)20-29(26,27)14-6-4-13(5-7-14)28(2,24)25/h3-9,20H,10H2,1-2H3,(H,22,23). The Morgan fingerprint density at radius 2 is 1.66 bits per heavy atom. The molecule has 0 aliphatic carbocycles. The van der Waals surface area contributed by atoms with Crippen molar-refractivity contribution in [2.75, 3.05) is 11.0 Å². The third-order valence-corrected chi connectivity index (χ3v) is 7.11. The minimum Gasteiger partial charge on any atom is -0.480 e. The molecule has 0 saturated carbocycles. The number of hydrogen-bond acceptors (Lipinski definition) is 5. The lowest BCUT2D eigenvalue weighted by Crippen LogP contribution is -2.15. The predicted octanol–water partition coefficient (Wildman–Crippen LogP) is 2.89. The van der Waals surface area contributed by atoms with E-state index >= 15 is 0 Å². The van der Waals surface area contributed by atoms with Gasteiger partial charge < -0.3 is 9.67 Å². The molecule has 29 heavy (non-hydrogen) atoms. The normalized spacial score (nSPS) is 12.2. The van der Waals surface area contributed by atoms with Crippen LogP contribution >= 0.6 is 11.6 Å². The fourth-order valence-corrected chi connectivity index (χ4v) is 4.92. The van der Waals surface area contributed by atoms with E-state index in [1.54, 1.807) is 25.1 Å². The van der Waals surface area contributed by atoms with Crippen molar-refractivity contribution in [3.63, 3.8) is 0 Å². The summed E-state index contributed by atoms with van der Waals surface area (Å²) in [6.45, 7) is 1.25. The fraction of sp³-hybridized carbons (Fsp3) is 0.167. The summed E-state index contributed by atoms with van der Waals surface area (Å²) in [5.74, 6) is -1.08. The molecule has 0 saturated heterocycles. The molecular formula is C18H17ClN2O6S2. The number of fused-ring (bicyclic) bond motifs is 1. The van der Waals surface area contributed by atoms with Crippen molar-refractivity contribution in [1.82, 2.24) is 4.57 Å². The fourth-order valence-electron chi connectivity index (χ4n) is 2.98. The number of anilines is 1. The highest BCUT2D eigenvalue weighted by atomic mass is 35.5. The number of sulfonamides is 1. The Morgan fingerprint density at radius 1 is 1.07 bits per heavy atom. The first-order chi connectivity index (χ1) is 13.4. The van der Waals surface area contributed by atoms with Crippen LogP contribution < -0.4 is 4.72 Å². The number of carbonyl (C=O) groups is 1. The van der Waals surface area contributed by atoms with Gasteiger partial charge in [-0.25, -0.2) is 16.8 Å². The molecule has 0 fully saturated rings. The van der Waals surface area contributed by atoms with Gasteiger partial charge in [0.15, 0.2) is 9.84 Å². The summed E-state index contributed by atoms with van der Waals surface area (Å²) >= 11 is 6.05. The van der Waals surface area contributed by atoms with Crippen LogP contribution in [0.15, 0.2) is 52.3 Å². The summed E-state index contributed by atoms with van der Waals surface area (Å²) in [5.41, 5.74) is 1.12. The van der Waals surface area contributed by atoms with E-state index in [-0.39, 0.29) is 22.0 Å². The van der Waals surface area contributed by atoms with Gasteiger partial charge in [0, 0.05) is 22.4 Å². The SMILES string of the molecule is Cc1c(NS(=O)(=O)c2ccc(S(C)(=O)=O)cc2)c2cc(Cl)ccc2n1CC(=O)O. The summed E-state index contributed by atoms with van der Waals surface area (Å²) in [7, 11) is -7.53. The molecule has 1 aromatic heterocycles. The van der Waals surface area contributed by atoms with Crippen molar-refractivity contribution in [2.24, 2.45) is 0 Å². The average molecular weight is 457 g/mol. The highest BCUT2D eigenvalue weighted by molar-refractivity contribution is 7.92. The van der Waals surface area contributed by atoms with Gasteiger partial charge in [-0.05, 0) is 49.4 Å². The van der Waals surface area contributed by atoms with E-state index in [0.29, 0.717) is 21.6 Å². The lowest BCUT2D eigenvalue weighted by molar-refractivity contribution is -0.137. The number of hydrogen-bond donors (Lipinski definition) is 2. The molecule has 11 heteroatoms. The molecule has 154 valence electrons. The maximum atomic E-state index is 12.9. The number of carboxylic acids is 1. The Kier molecular flexibility index (Phi) is 5.37. The van der Waals surface area contributed by atoms with Gasteiger partial charge in [-0.3, -0.25) is 9.52 Å². The minimum absolute atomic E-state index is 0.00234. The molecule has 3 rings (SSSR count). The number of aliphatic carboxylic acids is 1. The summed E-state index contributed by atoms with van der Waals surface area (Å²) in [6, 6.07) is 9.56. The number of nitrogens with zero attached hydrogens (tertiary/aromatic N) is 1. The molecule has 2 N–H and O–H groups in total. The first-order valence-corrected chi connectivity index (χ1v) is 12.0. The maximum absolute atomic E-state index is 12.9. The Hall–Kier alpha value is -2.56. The van der Waals surface area contributed by atoms with E-state index in [9.17, 15) is 26.7 Å². The van der Waals surface area contributed by atoms with Crippen molar-refractivity contribution in [3.05, 3.63) is 53.2 Å². The second kappa shape index (κ2) is 7.36. The number of rotatable bonds is 6. The lowest BCUT2D eigenvalue weighted by Gasteiger charge is -2.10. The van der Waals surface area contributed by atoms with Crippen molar-refractivity contribution >= 4 is 54.0 Å². The van der Waals surface area contributed by atoms with E-state index in [2.05, 4.69) is 4.72 Å². The van der Waals surface area contributed by atoms with Gasteiger partial charge in [-0.1, -0.05) is 11.6 Å². The molecule has 3 aromatic rings. The minimum atomic E-state index is -4.07. The molecule has 2 aromatic carbocycles. The third-order valence-electron chi connectivity index (χ3n) is 4.38. The number of carboxylic acid groups (broad SMARTS) is 1. The van der Waals surface area contributed by atoms with Crippen LogP contribution in [0.2, 0.25) is 5.02 Å². The zero-order valence-electron chi connectivity index (χ0n) is 15.4. The second-order valence-corrected chi connectivity index (χ2v) is 10.6. The highest BCUT2D eigenvalue weighted by Gasteiger charge is 2.22. The molecule has 0 aliphatic heterocycles. The summed E-state index contributed by atoms with van der Waals surface area (Å²) < 4.78 is 52.8. The first-order valence-electron chi connectivity index (χ1n) is 8.23. The highest BCUT2D eigenvalue weighted by Crippen LogP contribution is 2.34. The van der Waals surface area contributed by atoms with E-state index in [1.165, 1.54) is 28.8 Å². The molecule has 0 radical (unpaired) electrons. The molecule has 0 unspecified atom stereocenters. The summed E-state index contributed by atoms with van der Waals surface area (Å²) in [5, 5.41) is 10.00. The van der Waals surface area contributed by atoms with Crippen molar-refractivity contribution < 1.29 is 26.7 Å². The van der Waals surface area contributed by atoms with Crippen LogP contribution in [0, 0.1) is 6.92 Å². The zero-order chi connectivity index (χ0) is 21.6. The van der Waals surface area contributed by atoms with Gasteiger partial charge in [0.1, 0.15) is 6.54 Å². The van der Waals surface area contributed by atoms with Crippen LogP contribution in [0.3, 0.4) is 0 Å². The molecule has 0 aliphatic rings. The molecular weight excluding hydrogens is 440 g/mol. The number of halogens is 1. The number of sulfone groups is 1. The van der Waals surface area contributed by atoms with Gasteiger partial charge >= 0.3 is 5.97 Å². The van der Waals surface area contributed by atoms with Crippen molar-refractivity contribution in [2.45, 2.75) is 23.3 Å². The first kappa shape index (κ1) is 21.2. The van der Waals surface area contributed by atoms with E-state index in [1.807, 2.05) is 0 Å². The molecule has 0 atom stereocenters. The summed E-state index contributed by atoms with van der Waals surface area (Å²) in [6.07, 6.45) is 1.03.